The second-order valence-electron chi connectivity index (χ2n) is 9.40. The number of urea groups is 1. The van der Waals surface area contributed by atoms with Gasteiger partial charge in [0.15, 0.2) is 0 Å². The molecule has 11 nitrogen and oxygen atoms in total. The number of halogens is 3. The molecule has 1 aliphatic rings. The number of ether oxygens (including phenoxy) is 1. The third-order valence-electron chi connectivity index (χ3n) is 6.54. The van der Waals surface area contributed by atoms with Crippen molar-refractivity contribution >= 4 is 75.5 Å². The molecule has 42 heavy (non-hydrogen) atoms. The van der Waals surface area contributed by atoms with E-state index in [0.29, 0.717) is 43.3 Å². The van der Waals surface area contributed by atoms with Crippen molar-refractivity contribution < 1.29 is 24.2 Å². The molecule has 4 rings (SSSR count). The van der Waals surface area contributed by atoms with Crippen LogP contribution in [0.2, 0.25) is 15.1 Å². The number of aromatic nitrogens is 1. The van der Waals surface area contributed by atoms with Gasteiger partial charge in [-0.15, -0.1) is 11.3 Å². The molecule has 1 aromatic carbocycles. The van der Waals surface area contributed by atoms with Crippen molar-refractivity contribution in [3.63, 3.8) is 0 Å². The number of anilines is 2. The quantitative estimate of drug-likeness (QED) is 0.303. The number of aliphatic hydroxyl groups is 1. The van der Waals surface area contributed by atoms with Crippen LogP contribution in [0.3, 0.4) is 0 Å². The van der Waals surface area contributed by atoms with Gasteiger partial charge in [0.2, 0.25) is 0 Å². The van der Waals surface area contributed by atoms with Gasteiger partial charge >= 0.3 is 6.03 Å². The Morgan fingerprint density at radius 2 is 1.81 bits per heavy atom. The van der Waals surface area contributed by atoms with E-state index in [9.17, 15) is 14.4 Å². The van der Waals surface area contributed by atoms with Crippen LogP contribution in [-0.2, 0) is 6.54 Å². The van der Waals surface area contributed by atoms with Crippen molar-refractivity contribution in [3.8, 4) is 5.75 Å². The lowest BCUT2D eigenvalue weighted by Crippen LogP contribution is -2.52. The van der Waals surface area contributed by atoms with Gasteiger partial charge in [-0.3, -0.25) is 14.5 Å². The first-order valence-corrected chi connectivity index (χ1v) is 14.8. The minimum absolute atomic E-state index is 0.0433. The Hall–Kier alpha value is -3.13. The number of carbonyl (C=O) groups excluding carboxylic acids is 3. The van der Waals surface area contributed by atoms with E-state index in [0.717, 1.165) is 11.3 Å². The molecule has 0 atom stereocenters. The first-order chi connectivity index (χ1) is 20.1. The molecule has 0 radical (unpaired) electrons. The van der Waals surface area contributed by atoms with Crippen LogP contribution in [0.5, 0.6) is 5.75 Å². The molecular weight excluding hydrogens is 627 g/mol. The Bertz CT molecular complexity index is 1450. The second-order valence-corrected chi connectivity index (χ2v) is 11.5. The molecule has 1 fully saturated rings. The van der Waals surface area contributed by atoms with Gasteiger partial charge in [0.1, 0.15) is 16.4 Å². The average Bonchev–Trinajstić information content (AvgIpc) is 3.34. The largest absolute Gasteiger partial charge is 0.494 e. The number of nitrogens with one attached hydrogen (secondary N) is 2. The molecule has 3 aromatic rings. The molecule has 224 valence electrons. The van der Waals surface area contributed by atoms with Crippen molar-refractivity contribution in [3.05, 3.63) is 66.9 Å². The van der Waals surface area contributed by atoms with Gasteiger partial charge in [-0.05, 0) is 23.6 Å². The monoisotopic (exact) mass is 654 g/mol. The minimum atomic E-state index is -0.587. The lowest BCUT2D eigenvalue weighted by atomic mass is 10.1. The fraction of sp³-hybridized carbons (Fsp3) is 0.333. The number of piperazine rings is 1. The van der Waals surface area contributed by atoms with Crippen molar-refractivity contribution in [1.82, 2.24) is 19.7 Å². The Morgan fingerprint density at radius 3 is 2.45 bits per heavy atom. The predicted molar refractivity (Wildman–Crippen MR) is 164 cm³/mol. The van der Waals surface area contributed by atoms with Crippen molar-refractivity contribution in [2.75, 3.05) is 64.1 Å². The average molecular weight is 656 g/mol. The SMILES string of the molecule is COc1cc(Cl)cc(C(=O)Nc2ccc(Cl)cn2)c1NC(=O)c1scc(CN(C)C(=O)N2CCN(CCO)CC2)c1Cl. The summed E-state index contributed by atoms with van der Waals surface area (Å²) < 4.78 is 5.41. The highest BCUT2D eigenvalue weighted by atomic mass is 35.5. The van der Waals surface area contributed by atoms with Crippen molar-refractivity contribution in [1.29, 1.82) is 0 Å². The summed E-state index contributed by atoms with van der Waals surface area (Å²) in [7, 11) is 3.06. The summed E-state index contributed by atoms with van der Waals surface area (Å²) >= 11 is 19.8. The number of rotatable bonds is 9. The molecule has 4 amide bonds. The maximum absolute atomic E-state index is 13.4. The van der Waals surface area contributed by atoms with Gasteiger partial charge in [-0.2, -0.15) is 0 Å². The molecule has 3 heterocycles. The van der Waals surface area contributed by atoms with Gasteiger partial charge in [-0.1, -0.05) is 34.8 Å². The third-order valence-corrected chi connectivity index (χ3v) is 8.55. The van der Waals surface area contributed by atoms with Crippen LogP contribution in [0.25, 0.3) is 0 Å². The number of benzene rings is 1. The van der Waals surface area contributed by atoms with E-state index in [-0.39, 0.29) is 56.9 Å². The number of hydrogen-bond acceptors (Lipinski definition) is 8. The molecule has 0 bridgehead atoms. The van der Waals surface area contributed by atoms with E-state index in [1.165, 1.54) is 31.5 Å². The number of carbonyl (C=O) groups is 3. The van der Waals surface area contributed by atoms with Crippen molar-refractivity contribution in [2.24, 2.45) is 0 Å². The van der Waals surface area contributed by atoms with Crippen LogP contribution >= 0.6 is 46.1 Å². The Labute approximate surface area is 261 Å². The normalized spacial score (nSPS) is 13.5. The summed E-state index contributed by atoms with van der Waals surface area (Å²) in [6, 6.07) is 5.83. The van der Waals surface area contributed by atoms with E-state index in [2.05, 4.69) is 20.5 Å². The first-order valence-electron chi connectivity index (χ1n) is 12.8. The number of methoxy groups -OCH3 is 1. The van der Waals surface area contributed by atoms with E-state index >= 15 is 0 Å². The maximum Gasteiger partial charge on any atom is 0.320 e. The van der Waals surface area contributed by atoms with E-state index in [4.69, 9.17) is 44.6 Å². The Kier molecular flexibility index (Phi) is 10.9. The Balaban J connectivity index is 1.48. The van der Waals surface area contributed by atoms with Gasteiger partial charge in [0, 0.05) is 69.2 Å². The summed E-state index contributed by atoms with van der Waals surface area (Å²) in [5, 5.41) is 17.1. The zero-order valence-corrected chi connectivity index (χ0v) is 25.9. The predicted octanol–water partition coefficient (Wildman–Crippen LogP) is 4.78. The van der Waals surface area contributed by atoms with Gasteiger partial charge < -0.3 is 30.3 Å². The second kappa shape index (κ2) is 14.4. The summed E-state index contributed by atoms with van der Waals surface area (Å²) in [6.45, 7) is 3.36. The highest BCUT2D eigenvalue weighted by molar-refractivity contribution is 7.13. The topological polar surface area (TPSA) is 127 Å². The fourth-order valence-corrected chi connectivity index (χ4v) is 5.93. The van der Waals surface area contributed by atoms with Crippen LogP contribution in [0.4, 0.5) is 16.3 Å². The zero-order chi connectivity index (χ0) is 30.4. The van der Waals surface area contributed by atoms with E-state index in [1.54, 1.807) is 28.3 Å². The molecule has 1 aliphatic heterocycles. The molecule has 0 unspecified atom stereocenters. The number of pyridine rings is 1. The molecule has 15 heteroatoms. The van der Waals surface area contributed by atoms with Gasteiger partial charge in [-0.25, -0.2) is 9.78 Å². The van der Waals surface area contributed by atoms with Crippen LogP contribution in [0, 0.1) is 0 Å². The standard InChI is InChI=1S/C27H29Cl3N6O5S/c1-34(27(40)36-7-5-35(6-8-36)9-10-37)14-16-15-42-24(22(16)30)26(39)33-23-19(11-18(29)12-20(23)41-2)25(38)32-21-4-3-17(28)13-31-21/h3-4,11-13,15,37H,5-10,14H2,1-2H3,(H,33,39)(H,31,32,38). The number of nitrogens with zero attached hydrogens (tertiary/aromatic N) is 4. The van der Waals surface area contributed by atoms with Crippen LogP contribution < -0.4 is 15.4 Å². The molecule has 3 N–H and O–H groups in total. The van der Waals surface area contributed by atoms with E-state index < -0.39 is 11.8 Å². The summed E-state index contributed by atoms with van der Waals surface area (Å²) in [6.07, 6.45) is 1.39. The van der Waals surface area contributed by atoms with Crippen LogP contribution in [-0.4, -0.2) is 96.1 Å². The number of thiophene rings is 1. The number of β-amino-alcohol motifs (C(OH)–C–C–N with tert-alkyl or cyclic N) is 1. The van der Waals surface area contributed by atoms with Gasteiger partial charge in [0.05, 0.1) is 35.0 Å². The van der Waals surface area contributed by atoms with E-state index in [1.807, 2.05) is 0 Å². The van der Waals surface area contributed by atoms with Gasteiger partial charge in [0.25, 0.3) is 11.8 Å². The lowest BCUT2D eigenvalue weighted by Gasteiger charge is -2.36. The zero-order valence-electron chi connectivity index (χ0n) is 22.8. The first kappa shape index (κ1) is 31.8. The molecule has 0 spiro atoms. The number of amides is 4. The minimum Gasteiger partial charge on any atom is -0.494 e. The van der Waals surface area contributed by atoms with Crippen LogP contribution in [0.15, 0.2) is 35.8 Å². The highest BCUT2D eigenvalue weighted by Gasteiger charge is 2.26. The highest BCUT2D eigenvalue weighted by Crippen LogP contribution is 2.35. The fourth-order valence-electron chi connectivity index (χ4n) is 4.36. The summed E-state index contributed by atoms with van der Waals surface area (Å²) in [5.41, 5.74) is 0.746. The maximum atomic E-state index is 13.4. The smallest absolute Gasteiger partial charge is 0.320 e. The third kappa shape index (κ3) is 7.63. The summed E-state index contributed by atoms with van der Waals surface area (Å²) in [4.78, 5) is 49.2. The molecule has 0 aliphatic carbocycles. The number of aliphatic hydroxyl groups excluding tert-OH is 1. The number of hydrogen-bond donors (Lipinski definition) is 3. The Morgan fingerprint density at radius 1 is 1.07 bits per heavy atom. The molecule has 0 saturated carbocycles. The molecule has 2 aromatic heterocycles. The summed E-state index contributed by atoms with van der Waals surface area (Å²) in [5.74, 6) is -0.736. The molecule has 1 saturated heterocycles. The van der Waals surface area contributed by atoms with Crippen molar-refractivity contribution in [2.45, 2.75) is 6.54 Å². The lowest BCUT2D eigenvalue weighted by molar-refractivity contribution is 0.102. The van der Waals surface area contributed by atoms with Crippen LogP contribution in [0.1, 0.15) is 25.6 Å². The molecular formula is C27H29Cl3N6O5S.